The number of benzene rings is 3. The zero-order valence-corrected chi connectivity index (χ0v) is 21.3. The molecule has 0 unspecified atom stereocenters. The van der Waals surface area contributed by atoms with Gasteiger partial charge in [0.1, 0.15) is 5.82 Å². The van der Waals surface area contributed by atoms with Gasteiger partial charge in [0.2, 0.25) is 9.84 Å². The quantitative estimate of drug-likeness (QED) is 0.283. The topological polar surface area (TPSA) is 92.7 Å². The van der Waals surface area contributed by atoms with Gasteiger partial charge in [-0.1, -0.05) is 35.9 Å². The molecular weight excluding hydrogens is 516 g/mol. The van der Waals surface area contributed by atoms with Crippen molar-refractivity contribution in [2.75, 3.05) is 19.7 Å². The number of ether oxygens (including phenoxy) is 1. The van der Waals surface area contributed by atoms with Crippen LogP contribution >= 0.6 is 24.0 Å². The number of sulfone groups is 1. The number of aliphatic hydroxyl groups is 1. The van der Waals surface area contributed by atoms with E-state index in [0.717, 1.165) is 23.3 Å². The Morgan fingerprint density at radius 3 is 2.40 bits per heavy atom. The van der Waals surface area contributed by atoms with E-state index in [-0.39, 0.29) is 34.4 Å². The van der Waals surface area contributed by atoms with Crippen molar-refractivity contribution in [3.05, 3.63) is 94.3 Å². The summed E-state index contributed by atoms with van der Waals surface area (Å²) in [6, 6.07) is 16.4. The highest BCUT2D eigenvalue weighted by atomic mass is 35.5. The molecule has 0 bridgehead atoms. The average Bonchev–Trinajstić information content (AvgIpc) is 2.82. The second kappa shape index (κ2) is 13.0. The Morgan fingerprint density at radius 2 is 1.77 bits per heavy atom. The number of rotatable bonds is 10. The molecule has 0 heterocycles. The smallest absolute Gasteiger partial charge is 0.341 e. The van der Waals surface area contributed by atoms with Gasteiger partial charge >= 0.3 is 5.97 Å². The Labute approximate surface area is 215 Å². The van der Waals surface area contributed by atoms with Gasteiger partial charge in [-0.3, -0.25) is 0 Å². The second-order valence-electron chi connectivity index (χ2n) is 7.53. The Hall–Kier alpha value is -2.49. The van der Waals surface area contributed by atoms with Crippen LogP contribution in [0, 0.1) is 5.82 Å². The van der Waals surface area contributed by atoms with Crippen molar-refractivity contribution in [3.8, 4) is 0 Å². The van der Waals surface area contributed by atoms with Crippen molar-refractivity contribution in [1.29, 1.82) is 0 Å². The summed E-state index contributed by atoms with van der Waals surface area (Å²) < 4.78 is 44.8. The molecule has 0 spiro atoms. The third-order valence-corrected chi connectivity index (χ3v) is 7.14. The van der Waals surface area contributed by atoms with Crippen molar-refractivity contribution in [3.63, 3.8) is 0 Å². The maximum Gasteiger partial charge on any atom is 0.341 e. The molecule has 0 fully saturated rings. The molecule has 0 aliphatic heterocycles. The molecule has 0 amide bonds. The van der Waals surface area contributed by atoms with Crippen LogP contribution in [0.5, 0.6) is 0 Å². The van der Waals surface area contributed by atoms with Gasteiger partial charge in [-0.15, -0.1) is 12.4 Å². The van der Waals surface area contributed by atoms with Gasteiger partial charge in [0.15, 0.2) is 0 Å². The van der Waals surface area contributed by atoms with Crippen molar-refractivity contribution < 1.29 is 27.4 Å². The predicted molar refractivity (Wildman–Crippen MR) is 134 cm³/mol. The first-order chi connectivity index (χ1) is 16.2. The molecule has 6 nitrogen and oxygen atoms in total. The van der Waals surface area contributed by atoms with E-state index >= 15 is 0 Å². The summed E-state index contributed by atoms with van der Waals surface area (Å²) in [5.74, 6) is -1.80. The Balaban J connectivity index is 0.00000432. The Bertz CT molecular complexity index is 1250. The van der Waals surface area contributed by atoms with E-state index in [1.54, 1.807) is 43.3 Å². The average molecular weight is 542 g/mol. The van der Waals surface area contributed by atoms with Crippen LogP contribution < -0.4 is 5.32 Å². The number of hydrogen-bond acceptors (Lipinski definition) is 6. The fraction of sp³-hybridized carbons (Fsp3) is 0.240. The zero-order chi connectivity index (χ0) is 24.7. The number of nitrogens with one attached hydrogen (secondary N) is 1. The number of halogens is 3. The van der Waals surface area contributed by atoms with E-state index in [2.05, 4.69) is 5.32 Å². The van der Waals surface area contributed by atoms with E-state index in [0.29, 0.717) is 24.5 Å². The number of esters is 1. The van der Waals surface area contributed by atoms with Crippen molar-refractivity contribution in [2.45, 2.75) is 29.2 Å². The van der Waals surface area contributed by atoms with E-state index in [1.807, 2.05) is 0 Å². The number of carbonyl (C=O) groups excluding carboxylic acids is 1. The lowest BCUT2D eigenvalue weighted by atomic mass is 10.1. The maximum atomic E-state index is 14.3. The zero-order valence-electron chi connectivity index (χ0n) is 18.9. The first-order valence-corrected chi connectivity index (χ1v) is 12.5. The summed E-state index contributed by atoms with van der Waals surface area (Å²) in [7, 11) is -3.96. The lowest BCUT2D eigenvalue weighted by molar-refractivity contribution is 0.0521. The normalized spacial score (nSPS) is 12.0. The molecule has 3 aromatic carbocycles. The molecule has 0 radical (unpaired) electrons. The fourth-order valence-electron chi connectivity index (χ4n) is 3.31. The lowest BCUT2D eigenvalue weighted by Gasteiger charge is -2.13. The van der Waals surface area contributed by atoms with Crippen molar-refractivity contribution in [2.24, 2.45) is 0 Å². The minimum absolute atomic E-state index is 0. The van der Waals surface area contributed by atoms with E-state index in [9.17, 15) is 22.7 Å². The summed E-state index contributed by atoms with van der Waals surface area (Å²) >= 11 is 5.94. The Morgan fingerprint density at radius 1 is 1.09 bits per heavy atom. The maximum absolute atomic E-state index is 14.3. The molecule has 0 aliphatic carbocycles. The SMILES string of the molecule is CCOC(=O)c1ccc(S(=O)(=O)c2ccc(CCNC[C@H](O)c3cccc(Cl)c3)cc2)cc1F.Cl. The minimum Gasteiger partial charge on any atom is -0.462 e. The van der Waals surface area contributed by atoms with Crippen molar-refractivity contribution >= 4 is 39.8 Å². The molecule has 0 saturated heterocycles. The Kier molecular flexibility index (Phi) is 10.7. The number of carbonyl (C=O) groups is 1. The summed E-state index contributed by atoms with van der Waals surface area (Å²) in [4.78, 5) is 11.5. The van der Waals surface area contributed by atoms with E-state index in [1.165, 1.54) is 18.2 Å². The van der Waals surface area contributed by atoms with Gasteiger partial charge in [0, 0.05) is 11.6 Å². The molecule has 2 N–H and O–H groups in total. The van der Waals surface area contributed by atoms with Gasteiger partial charge in [-0.05, 0) is 73.5 Å². The molecule has 1 atom stereocenters. The van der Waals surface area contributed by atoms with Gasteiger partial charge in [-0.2, -0.15) is 0 Å². The minimum atomic E-state index is -3.96. The summed E-state index contributed by atoms with van der Waals surface area (Å²) in [6.45, 7) is 2.60. The molecule has 3 rings (SSSR count). The fourth-order valence-corrected chi connectivity index (χ4v) is 4.78. The second-order valence-corrected chi connectivity index (χ2v) is 9.92. The number of aliphatic hydroxyl groups excluding tert-OH is 1. The van der Waals surface area contributed by atoms with E-state index in [4.69, 9.17) is 16.3 Å². The van der Waals surface area contributed by atoms with Crippen LogP contribution in [0.4, 0.5) is 4.39 Å². The molecule has 10 heteroatoms. The van der Waals surface area contributed by atoms with Crippen LogP contribution in [0.3, 0.4) is 0 Å². The molecule has 0 saturated carbocycles. The third-order valence-electron chi connectivity index (χ3n) is 5.14. The van der Waals surface area contributed by atoms with Gasteiger partial charge in [0.25, 0.3) is 0 Å². The van der Waals surface area contributed by atoms with Gasteiger partial charge < -0.3 is 15.2 Å². The predicted octanol–water partition coefficient (Wildman–Crippen LogP) is 4.78. The van der Waals surface area contributed by atoms with Crippen LogP contribution in [0.25, 0.3) is 0 Å². The van der Waals surface area contributed by atoms with Gasteiger partial charge in [-0.25, -0.2) is 17.6 Å². The molecular formula is C25H26Cl2FNO5S. The van der Waals surface area contributed by atoms with Crippen LogP contribution in [0.2, 0.25) is 5.02 Å². The molecule has 0 aliphatic rings. The molecule has 188 valence electrons. The van der Waals surface area contributed by atoms with Crippen molar-refractivity contribution in [1.82, 2.24) is 5.32 Å². The summed E-state index contributed by atoms with van der Waals surface area (Å²) in [5, 5.41) is 14.0. The summed E-state index contributed by atoms with van der Waals surface area (Å²) in [6.07, 6.45) is -0.0762. The number of hydrogen-bond donors (Lipinski definition) is 2. The lowest BCUT2D eigenvalue weighted by Crippen LogP contribution is -2.23. The molecule has 35 heavy (non-hydrogen) atoms. The highest BCUT2D eigenvalue weighted by Crippen LogP contribution is 2.24. The monoisotopic (exact) mass is 541 g/mol. The van der Waals surface area contributed by atoms with E-state index < -0.39 is 27.7 Å². The van der Waals surface area contributed by atoms with Crippen LogP contribution in [0.1, 0.15) is 34.5 Å². The standard InChI is InChI=1S/C25H25ClFNO5S.ClH/c1-2-33-25(30)22-11-10-21(15-23(22)27)34(31,32)20-8-6-17(7-9-20)12-13-28-16-24(29)18-4-3-5-19(26)14-18;/h3-11,14-15,24,28-29H,2,12-13,16H2,1H3;1H/t24-;/m0./s1. The molecule has 0 aromatic heterocycles. The van der Waals surface area contributed by atoms with Gasteiger partial charge in [0.05, 0.1) is 28.1 Å². The van der Waals surface area contributed by atoms with Crippen LogP contribution in [-0.2, 0) is 21.0 Å². The largest absolute Gasteiger partial charge is 0.462 e. The first kappa shape index (κ1) is 28.7. The highest BCUT2D eigenvalue weighted by Gasteiger charge is 2.21. The highest BCUT2D eigenvalue weighted by molar-refractivity contribution is 7.91. The first-order valence-electron chi connectivity index (χ1n) is 10.7. The molecule has 3 aromatic rings. The third kappa shape index (κ3) is 7.49. The van der Waals surface area contributed by atoms with Crippen LogP contribution in [-0.4, -0.2) is 39.2 Å². The van der Waals surface area contributed by atoms with Crippen LogP contribution in [0.15, 0.2) is 76.5 Å². The summed E-state index contributed by atoms with van der Waals surface area (Å²) in [5.41, 5.74) is 1.30.